The second-order valence-electron chi connectivity index (χ2n) is 4.82. The molecule has 1 aromatic heterocycles. The van der Waals surface area contributed by atoms with Gasteiger partial charge >= 0.3 is 5.97 Å². The monoisotopic (exact) mass is 389 g/mol. The predicted molar refractivity (Wildman–Crippen MR) is 89.9 cm³/mol. The van der Waals surface area contributed by atoms with Gasteiger partial charge in [0.05, 0.1) is 18.1 Å². The number of ether oxygens (including phenoxy) is 2. The van der Waals surface area contributed by atoms with Crippen molar-refractivity contribution in [2.75, 3.05) is 7.11 Å². The molecule has 0 amide bonds. The fraction of sp³-hybridized carbons (Fsp3) is 0.125. The molecule has 0 saturated carbocycles. The quantitative estimate of drug-likeness (QED) is 0.637. The highest BCUT2D eigenvalue weighted by Gasteiger charge is 2.14. The summed E-state index contributed by atoms with van der Waals surface area (Å²) in [5, 5.41) is 8.11. The molecule has 0 aliphatic carbocycles. The Balaban J connectivity index is 1.82. The van der Waals surface area contributed by atoms with E-state index in [-0.39, 0.29) is 17.9 Å². The third-order valence-electron chi connectivity index (χ3n) is 3.34. The zero-order valence-electron chi connectivity index (χ0n) is 12.6. The number of nitrogens with zero attached hydrogens (tertiary/aromatic N) is 3. The van der Waals surface area contributed by atoms with Crippen LogP contribution in [-0.4, -0.2) is 28.1 Å². The summed E-state index contributed by atoms with van der Waals surface area (Å²) in [4.78, 5) is 24.5. The van der Waals surface area contributed by atoms with Gasteiger partial charge in [0, 0.05) is 4.47 Å². The summed E-state index contributed by atoms with van der Waals surface area (Å²) in [6.45, 7) is -0.334. The van der Waals surface area contributed by atoms with Gasteiger partial charge < -0.3 is 9.47 Å². The number of benzene rings is 2. The fourth-order valence-electron chi connectivity index (χ4n) is 2.09. The lowest BCUT2D eigenvalue weighted by molar-refractivity contribution is 0.0334. The SMILES string of the molecule is COc1ccc(Br)c(C(=O)OCn2nnc3ccccc3c2=O)c1. The molecule has 0 aliphatic heterocycles. The molecule has 0 radical (unpaired) electrons. The largest absolute Gasteiger partial charge is 0.497 e. The second-order valence-corrected chi connectivity index (χ2v) is 5.67. The van der Waals surface area contributed by atoms with Crippen molar-refractivity contribution in [3.63, 3.8) is 0 Å². The lowest BCUT2D eigenvalue weighted by atomic mass is 10.2. The van der Waals surface area contributed by atoms with E-state index in [1.165, 1.54) is 7.11 Å². The first-order chi connectivity index (χ1) is 11.6. The number of esters is 1. The molecule has 0 fully saturated rings. The zero-order chi connectivity index (χ0) is 17.1. The van der Waals surface area contributed by atoms with Gasteiger partial charge in [0.25, 0.3) is 5.56 Å². The summed E-state index contributed by atoms with van der Waals surface area (Å²) in [6, 6.07) is 11.8. The maximum Gasteiger partial charge on any atom is 0.341 e. The smallest absolute Gasteiger partial charge is 0.341 e. The Morgan fingerprint density at radius 2 is 2.04 bits per heavy atom. The van der Waals surface area contributed by atoms with Crippen molar-refractivity contribution in [2.24, 2.45) is 0 Å². The van der Waals surface area contributed by atoms with Gasteiger partial charge in [0.1, 0.15) is 11.3 Å². The molecule has 8 heteroatoms. The molecular formula is C16H12BrN3O4. The molecule has 0 spiro atoms. The highest BCUT2D eigenvalue weighted by molar-refractivity contribution is 9.10. The van der Waals surface area contributed by atoms with Crippen LogP contribution in [0.2, 0.25) is 0 Å². The molecule has 3 aromatic rings. The zero-order valence-corrected chi connectivity index (χ0v) is 14.2. The van der Waals surface area contributed by atoms with Crippen LogP contribution in [0.25, 0.3) is 10.9 Å². The molecule has 0 N–H and O–H groups in total. The number of halogens is 1. The van der Waals surface area contributed by atoms with Crippen LogP contribution in [0.3, 0.4) is 0 Å². The van der Waals surface area contributed by atoms with Gasteiger partial charge in [-0.05, 0) is 46.3 Å². The van der Waals surface area contributed by atoms with E-state index >= 15 is 0 Å². The van der Waals surface area contributed by atoms with Crippen LogP contribution < -0.4 is 10.3 Å². The number of methoxy groups -OCH3 is 1. The molecule has 0 saturated heterocycles. The van der Waals surface area contributed by atoms with Crippen LogP contribution in [0.15, 0.2) is 51.7 Å². The Kier molecular flexibility index (Phi) is 4.57. The number of rotatable bonds is 4. The molecule has 24 heavy (non-hydrogen) atoms. The maximum atomic E-state index is 12.3. The highest BCUT2D eigenvalue weighted by Crippen LogP contribution is 2.23. The molecule has 3 rings (SSSR count). The summed E-state index contributed by atoms with van der Waals surface area (Å²) in [5.41, 5.74) is 0.398. The first-order valence-electron chi connectivity index (χ1n) is 6.93. The van der Waals surface area contributed by atoms with Gasteiger partial charge in [0.2, 0.25) is 0 Å². The number of carbonyl (C=O) groups is 1. The highest BCUT2D eigenvalue weighted by atomic mass is 79.9. The van der Waals surface area contributed by atoms with E-state index < -0.39 is 5.97 Å². The average Bonchev–Trinajstić information content (AvgIpc) is 2.61. The summed E-state index contributed by atoms with van der Waals surface area (Å²) < 4.78 is 11.8. The van der Waals surface area contributed by atoms with Gasteiger partial charge in [-0.3, -0.25) is 4.79 Å². The van der Waals surface area contributed by atoms with Gasteiger partial charge in [-0.2, -0.15) is 4.68 Å². The third-order valence-corrected chi connectivity index (χ3v) is 4.03. The average molecular weight is 390 g/mol. The first kappa shape index (κ1) is 16.1. The summed E-state index contributed by atoms with van der Waals surface area (Å²) >= 11 is 3.28. The molecule has 1 heterocycles. The molecular weight excluding hydrogens is 378 g/mol. The van der Waals surface area contributed by atoms with Crippen LogP contribution in [0.4, 0.5) is 0 Å². The van der Waals surface area contributed by atoms with E-state index in [0.29, 0.717) is 21.1 Å². The molecule has 7 nitrogen and oxygen atoms in total. The maximum absolute atomic E-state index is 12.3. The normalized spacial score (nSPS) is 10.6. The standard InChI is InChI=1S/C16H12BrN3O4/c1-23-10-6-7-13(17)12(8-10)16(22)24-9-20-15(21)11-4-2-3-5-14(11)18-19-20/h2-8H,9H2,1H3. The Labute approximate surface area is 144 Å². The lowest BCUT2D eigenvalue weighted by Crippen LogP contribution is -2.26. The molecule has 0 unspecified atom stereocenters. The number of aromatic nitrogens is 3. The van der Waals surface area contributed by atoms with Gasteiger partial charge in [-0.1, -0.05) is 17.3 Å². The number of hydrogen-bond donors (Lipinski definition) is 0. The van der Waals surface area contributed by atoms with E-state index in [9.17, 15) is 9.59 Å². The molecule has 0 aliphatic rings. The Hall–Kier alpha value is -2.74. The second kappa shape index (κ2) is 6.79. The lowest BCUT2D eigenvalue weighted by Gasteiger charge is -2.09. The Morgan fingerprint density at radius 3 is 2.83 bits per heavy atom. The van der Waals surface area contributed by atoms with E-state index in [1.807, 2.05) is 0 Å². The van der Waals surface area contributed by atoms with Crippen LogP contribution in [0.1, 0.15) is 10.4 Å². The first-order valence-corrected chi connectivity index (χ1v) is 7.72. The third kappa shape index (κ3) is 3.13. The van der Waals surface area contributed by atoms with Crippen molar-refractivity contribution in [1.29, 1.82) is 0 Å². The summed E-state index contributed by atoms with van der Waals surface area (Å²) in [5.74, 6) is -0.0875. The predicted octanol–water partition coefficient (Wildman–Crippen LogP) is 2.38. The minimum absolute atomic E-state index is 0.288. The van der Waals surface area contributed by atoms with Crippen molar-refractivity contribution in [3.05, 3.63) is 62.9 Å². The van der Waals surface area contributed by atoms with E-state index in [0.717, 1.165) is 4.68 Å². The molecule has 2 aromatic carbocycles. The topological polar surface area (TPSA) is 83.3 Å². The van der Waals surface area contributed by atoms with Crippen molar-refractivity contribution in [1.82, 2.24) is 15.0 Å². The summed E-state index contributed by atoms with van der Waals surface area (Å²) in [7, 11) is 1.50. The van der Waals surface area contributed by atoms with Crippen LogP contribution in [0.5, 0.6) is 5.75 Å². The summed E-state index contributed by atoms with van der Waals surface area (Å²) in [6.07, 6.45) is 0. The number of carbonyl (C=O) groups excluding carboxylic acids is 1. The Bertz CT molecular complexity index is 971. The molecule has 0 atom stereocenters. The van der Waals surface area contributed by atoms with Crippen molar-refractivity contribution in [2.45, 2.75) is 6.73 Å². The Morgan fingerprint density at radius 1 is 1.25 bits per heavy atom. The number of hydrogen-bond acceptors (Lipinski definition) is 6. The van der Waals surface area contributed by atoms with Crippen LogP contribution in [0, 0.1) is 0 Å². The van der Waals surface area contributed by atoms with Gasteiger partial charge in [-0.15, -0.1) is 5.10 Å². The van der Waals surface area contributed by atoms with E-state index in [4.69, 9.17) is 9.47 Å². The van der Waals surface area contributed by atoms with Gasteiger partial charge in [-0.25, -0.2) is 4.79 Å². The minimum Gasteiger partial charge on any atom is -0.497 e. The van der Waals surface area contributed by atoms with E-state index in [1.54, 1.807) is 42.5 Å². The van der Waals surface area contributed by atoms with Gasteiger partial charge in [0.15, 0.2) is 6.73 Å². The fourth-order valence-corrected chi connectivity index (χ4v) is 2.50. The van der Waals surface area contributed by atoms with Crippen LogP contribution >= 0.6 is 15.9 Å². The number of fused-ring (bicyclic) bond motifs is 1. The molecule has 0 bridgehead atoms. The van der Waals surface area contributed by atoms with Crippen molar-refractivity contribution in [3.8, 4) is 5.75 Å². The van der Waals surface area contributed by atoms with Crippen molar-refractivity contribution >= 4 is 32.8 Å². The van der Waals surface area contributed by atoms with Crippen molar-refractivity contribution < 1.29 is 14.3 Å². The minimum atomic E-state index is -0.609. The van der Waals surface area contributed by atoms with E-state index in [2.05, 4.69) is 26.2 Å². The van der Waals surface area contributed by atoms with Crippen LogP contribution in [-0.2, 0) is 11.5 Å². The molecule has 122 valence electrons.